The number of unbranched alkanes of at least 4 members (excludes halogenated alkanes) is 1. The van der Waals surface area contributed by atoms with Crippen LogP contribution in [-0.2, 0) is 4.79 Å². The van der Waals surface area contributed by atoms with Crippen LogP contribution in [0.15, 0.2) is 0 Å². The Bertz CT molecular complexity index is 308. The highest BCUT2D eigenvalue weighted by Crippen LogP contribution is 2.03. The number of hydrogen-bond acceptors (Lipinski definition) is 3. The van der Waals surface area contributed by atoms with Crippen LogP contribution in [0.4, 0.5) is 0 Å². The Kier molecular flexibility index (Phi) is 10.7. The predicted octanol–water partition coefficient (Wildman–Crippen LogP) is 1.91. The fraction of sp³-hybridized carbons (Fsp3) is 0.769. The maximum absolute atomic E-state index is 11.4. The van der Waals surface area contributed by atoms with Crippen molar-refractivity contribution in [3.63, 3.8) is 0 Å². The molecule has 4 nitrogen and oxygen atoms in total. The molecule has 0 aliphatic carbocycles. The van der Waals surface area contributed by atoms with E-state index in [1.54, 1.807) is 0 Å². The Balaban J connectivity index is 3.54. The first-order valence-corrected chi connectivity index (χ1v) is 7.63. The quantitative estimate of drug-likeness (QED) is 0.448. The van der Waals surface area contributed by atoms with Gasteiger partial charge in [0.15, 0.2) is 0 Å². The topological polar surface area (TPSA) is 67.2 Å². The van der Waals surface area contributed by atoms with Crippen LogP contribution in [0.25, 0.3) is 0 Å². The number of nitrogens with one attached hydrogen (secondary N) is 2. The van der Waals surface area contributed by atoms with Gasteiger partial charge in [0.1, 0.15) is 9.98 Å². The van der Waals surface area contributed by atoms with Crippen molar-refractivity contribution >= 4 is 40.3 Å². The van der Waals surface area contributed by atoms with Crippen molar-refractivity contribution in [3.8, 4) is 0 Å². The Morgan fingerprint density at radius 3 is 2.53 bits per heavy atom. The molecule has 0 rings (SSSR count). The molecule has 0 aromatic carbocycles. The number of carbonyl (C=O) groups is 1. The molecule has 0 bridgehead atoms. The van der Waals surface area contributed by atoms with E-state index in [1.165, 1.54) is 0 Å². The Morgan fingerprint density at radius 1 is 1.26 bits per heavy atom. The largest absolute Gasteiger partial charge is 0.388 e. The van der Waals surface area contributed by atoms with Crippen molar-refractivity contribution < 1.29 is 4.79 Å². The van der Waals surface area contributed by atoms with Crippen LogP contribution >= 0.6 is 24.4 Å². The molecule has 6 heteroatoms. The molecule has 0 aliphatic heterocycles. The Labute approximate surface area is 126 Å². The molecule has 110 valence electrons. The van der Waals surface area contributed by atoms with Crippen LogP contribution in [-0.4, -0.2) is 29.0 Å². The van der Waals surface area contributed by atoms with Gasteiger partial charge < -0.3 is 16.4 Å². The third-order valence-corrected chi connectivity index (χ3v) is 3.49. The number of amides is 1. The summed E-state index contributed by atoms with van der Waals surface area (Å²) < 4.78 is 0. The van der Waals surface area contributed by atoms with Gasteiger partial charge in [-0.1, -0.05) is 44.7 Å². The van der Waals surface area contributed by atoms with Gasteiger partial charge in [-0.2, -0.15) is 0 Å². The monoisotopic (exact) mass is 303 g/mol. The maximum atomic E-state index is 11.4. The number of nitrogens with two attached hydrogens (primary N) is 1. The highest BCUT2D eigenvalue weighted by atomic mass is 32.1. The Morgan fingerprint density at radius 2 is 1.95 bits per heavy atom. The number of hydrogen-bond donors (Lipinski definition) is 3. The van der Waals surface area contributed by atoms with Crippen molar-refractivity contribution in [2.45, 2.75) is 46.0 Å². The van der Waals surface area contributed by atoms with E-state index in [-0.39, 0.29) is 10.9 Å². The zero-order valence-corrected chi connectivity index (χ0v) is 13.5. The molecule has 0 saturated heterocycles. The summed E-state index contributed by atoms with van der Waals surface area (Å²) in [5.41, 5.74) is 5.38. The van der Waals surface area contributed by atoms with Gasteiger partial charge in [-0.15, -0.1) is 0 Å². The van der Waals surface area contributed by atoms with E-state index >= 15 is 0 Å². The number of rotatable bonds is 9. The summed E-state index contributed by atoms with van der Waals surface area (Å²) >= 11 is 9.70. The van der Waals surface area contributed by atoms with Gasteiger partial charge >= 0.3 is 0 Å². The van der Waals surface area contributed by atoms with E-state index in [1.807, 2.05) is 0 Å². The molecular formula is C13H25N3OS2. The average molecular weight is 303 g/mol. The first-order chi connectivity index (χ1) is 8.97. The van der Waals surface area contributed by atoms with Gasteiger partial charge in [0.2, 0.25) is 5.91 Å². The van der Waals surface area contributed by atoms with Crippen LogP contribution in [0.5, 0.6) is 0 Å². The molecule has 1 atom stereocenters. The normalized spacial score (nSPS) is 11.7. The standard InChI is InChI=1S/C13H25N3OS2/c1-3-4-7-11(17)16-9-10(2)6-5-8-15-13(19)12(14)18/h10H,3-9H2,1-2H3,(H2,14,18)(H,15,19)(H,16,17). The van der Waals surface area contributed by atoms with Crippen LogP contribution in [0.3, 0.4) is 0 Å². The fourth-order valence-corrected chi connectivity index (χ4v) is 1.73. The molecule has 1 unspecified atom stereocenters. The first kappa shape index (κ1) is 18.2. The summed E-state index contributed by atoms with van der Waals surface area (Å²) in [5.74, 6) is 0.618. The molecule has 0 aromatic rings. The lowest BCUT2D eigenvalue weighted by atomic mass is 10.1. The predicted molar refractivity (Wildman–Crippen MR) is 88.3 cm³/mol. The van der Waals surface area contributed by atoms with Gasteiger partial charge in [-0.05, 0) is 25.2 Å². The van der Waals surface area contributed by atoms with E-state index in [2.05, 4.69) is 24.5 Å². The van der Waals surface area contributed by atoms with Crippen molar-refractivity contribution in [2.24, 2.45) is 11.7 Å². The summed E-state index contributed by atoms with van der Waals surface area (Å²) in [6, 6.07) is 0. The maximum Gasteiger partial charge on any atom is 0.220 e. The smallest absolute Gasteiger partial charge is 0.220 e. The molecular weight excluding hydrogens is 278 g/mol. The van der Waals surface area contributed by atoms with Crippen molar-refractivity contribution in [1.29, 1.82) is 0 Å². The second-order valence-corrected chi connectivity index (χ2v) is 5.62. The summed E-state index contributed by atoms with van der Waals surface area (Å²) in [6.45, 7) is 5.72. The lowest BCUT2D eigenvalue weighted by Crippen LogP contribution is -2.34. The zero-order chi connectivity index (χ0) is 14.7. The first-order valence-electron chi connectivity index (χ1n) is 6.81. The SMILES string of the molecule is CCCCC(=O)NCC(C)CCCNC(=S)C(N)=S. The molecule has 0 spiro atoms. The van der Waals surface area contributed by atoms with Gasteiger partial charge in [0.25, 0.3) is 0 Å². The summed E-state index contributed by atoms with van der Waals surface area (Å²) in [7, 11) is 0. The molecule has 0 radical (unpaired) electrons. The van der Waals surface area contributed by atoms with Crippen LogP contribution in [0.2, 0.25) is 0 Å². The summed E-state index contributed by atoms with van der Waals surface area (Å²) in [5, 5.41) is 5.97. The van der Waals surface area contributed by atoms with Gasteiger partial charge in [0.05, 0.1) is 0 Å². The zero-order valence-electron chi connectivity index (χ0n) is 11.8. The highest BCUT2D eigenvalue weighted by molar-refractivity contribution is 7.89. The number of thiocarbonyl (C=S) groups is 2. The minimum absolute atomic E-state index is 0.154. The molecule has 19 heavy (non-hydrogen) atoms. The molecule has 0 fully saturated rings. The lowest BCUT2D eigenvalue weighted by molar-refractivity contribution is -0.121. The fourth-order valence-electron chi connectivity index (χ4n) is 1.56. The number of carbonyl (C=O) groups excluding carboxylic acids is 1. The van der Waals surface area contributed by atoms with Crippen LogP contribution in [0.1, 0.15) is 46.0 Å². The van der Waals surface area contributed by atoms with E-state index in [4.69, 9.17) is 30.2 Å². The molecule has 0 aliphatic rings. The van der Waals surface area contributed by atoms with Gasteiger partial charge in [0, 0.05) is 19.5 Å². The van der Waals surface area contributed by atoms with Crippen molar-refractivity contribution in [2.75, 3.05) is 13.1 Å². The summed E-state index contributed by atoms with van der Waals surface area (Å²) in [4.78, 5) is 12.1. The molecule has 0 saturated carbocycles. The molecule has 0 heterocycles. The molecule has 4 N–H and O–H groups in total. The highest BCUT2D eigenvalue weighted by Gasteiger charge is 2.05. The van der Waals surface area contributed by atoms with Crippen molar-refractivity contribution in [1.82, 2.24) is 10.6 Å². The summed E-state index contributed by atoms with van der Waals surface area (Å²) in [6.07, 6.45) is 4.65. The minimum Gasteiger partial charge on any atom is -0.388 e. The van der Waals surface area contributed by atoms with E-state index in [0.29, 0.717) is 17.3 Å². The van der Waals surface area contributed by atoms with Crippen LogP contribution < -0.4 is 16.4 Å². The molecule has 0 aromatic heterocycles. The van der Waals surface area contributed by atoms with E-state index in [0.717, 1.165) is 38.8 Å². The van der Waals surface area contributed by atoms with E-state index < -0.39 is 0 Å². The lowest BCUT2D eigenvalue weighted by Gasteiger charge is -2.13. The second-order valence-electron chi connectivity index (χ2n) is 4.78. The molecule has 1 amide bonds. The third kappa shape index (κ3) is 10.8. The van der Waals surface area contributed by atoms with E-state index in [9.17, 15) is 4.79 Å². The minimum atomic E-state index is 0.154. The van der Waals surface area contributed by atoms with Crippen molar-refractivity contribution in [3.05, 3.63) is 0 Å². The van der Waals surface area contributed by atoms with Gasteiger partial charge in [-0.3, -0.25) is 4.79 Å². The second kappa shape index (κ2) is 11.1. The Hall–Kier alpha value is -0.750. The van der Waals surface area contributed by atoms with Gasteiger partial charge in [-0.25, -0.2) is 0 Å². The average Bonchev–Trinajstić information content (AvgIpc) is 2.38. The third-order valence-electron chi connectivity index (χ3n) is 2.79. The van der Waals surface area contributed by atoms with Crippen LogP contribution in [0, 0.1) is 5.92 Å².